The van der Waals surface area contributed by atoms with Gasteiger partial charge >= 0.3 is 23.9 Å². The number of carbonyl (C=O) groups is 6. The summed E-state index contributed by atoms with van der Waals surface area (Å²) in [6, 6.07) is 34.4. The predicted octanol–water partition coefficient (Wildman–Crippen LogP) is 8.38. The number of hydrogen-bond acceptors (Lipinski definition) is 9. The summed E-state index contributed by atoms with van der Waals surface area (Å²) in [7, 11) is 3.50. The molecule has 0 aliphatic heterocycles. The smallest absolute Gasteiger partial charge is 0.355 e. The van der Waals surface area contributed by atoms with E-state index in [1.54, 1.807) is 126 Å². The molecule has 0 saturated carbocycles. The van der Waals surface area contributed by atoms with Gasteiger partial charge in [-0.05, 0) is 72.5 Å². The van der Waals surface area contributed by atoms with E-state index in [-0.39, 0.29) is 31.4 Å². The van der Waals surface area contributed by atoms with E-state index in [2.05, 4.69) is 15.9 Å². The molecule has 13 heteroatoms. The molecule has 59 heavy (non-hydrogen) atoms. The molecule has 0 aliphatic rings. The van der Waals surface area contributed by atoms with E-state index in [1.807, 2.05) is 44.3 Å². The zero-order valence-electron chi connectivity index (χ0n) is 32.9. The van der Waals surface area contributed by atoms with Crippen molar-refractivity contribution >= 4 is 51.4 Å². The lowest BCUT2D eigenvalue weighted by Gasteiger charge is -2.07. The Balaban J connectivity index is 0.000000220. The summed E-state index contributed by atoms with van der Waals surface area (Å²) in [5.74, 6) is -2.85. The van der Waals surface area contributed by atoms with Crippen LogP contribution in [0.15, 0.2) is 134 Å². The van der Waals surface area contributed by atoms with Gasteiger partial charge < -0.3 is 28.5 Å². The van der Waals surface area contributed by atoms with Crippen LogP contribution in [0.1, 0.15) is 84.7 Å². The van der Waals surface area contributed by atoms with Crippen LogP contribution in [-0.2, 0) is 40.2 Å². The first kappa shape index (κ1) is 44.8. The Kier molecular flexibility index (Phi) is 16.9. The number of carboxylic acids is 1. The molecule has 2 aromatic heterocycles. The first-order chi connectivity index (χ1) is 28.2. The molecule has 0 amide bonds. The number of hydrogen-bond donors (Lipinski definition) is 1. The van der Waals surface area contributed by atoms with Gasteiger partial charge in [0.15, 0.2) is 24.8 Å². The van der Waals surface area contributed by atoms with Crippen LogP contribution in [0, 0.1) is 13.8 Å². The molecular weight excluding hydrogens is 820 g/mol. The van der Waals surface area contributed by atoms with E-state index < -0.39 is 23.9 Å². The maximum atomic E-state index is 12.1. The first-order valence-corrected chi connectivity index (χ1v) is 19.3. The monoisotopic (exact) mass is 862 g/mol. The Morgan fingerprint density at radius 3 is 1.29 bits per heavy atom. The standard InChI is InChI=1S/C23H21NO5.C16H13BrO3.C7H9NO2/c1-16-12-20(24(2)13-16)23(27)28-14-17-8-10-19(11-9-17)22(26)29-15-21(25)18-6-4-3-5-7-18;17-10-12-6-8-14(9-7-12)16(19)20-11-15(18)13-4-2-1-3-5-13;1-5-3-6(7(9)10)8(2)4-5/h3-13H,14-15H2,1-2H3;1-9H,10-11H2;3-4H,1-2H3,(H,9,10). The SMILES string of the molecule is Cc1cc(C(=O)O)n(C)c1.Cc1cc(C(=O)OCc2ccc(C(=O)OCC(=O)c3ccccc3)cc2)n(C)c1.O=C(COC(=O)c1ccc(CBr)cc1)c1ccccc1. The molecule has 0 radical (unpaired) electrons. The number of aryl methyl sites for hydroxylation is 4. The van der Waals surface area contributed by atoms with Gasteiger partial charge in [-0.15, -0.1) is 0 Å². The van der Waals surface area contributed by atoms with Gasteiger partial charge in [-0.1, -0.05) is 101 Å². The fourth-order valence-electron chi connectivity index (χ4n) is 5.41. The number of rotatable bonds is 13. The van der Waals surface area contributed by atoms with E-state index in [0.717, 1.165) is 27.6 Å². The number of ether oxygens (including phenoxy) is 3. The van der Waals surface area contributed by atoms with Crippen molar-refractivity contribution in [2.24, 2.45) is 14.1 Å². The van der Waals surface area contributed by atoms with Gasteiger partial charge in [-0.2, -0.15) is 0 Å². The van der Waals surface area contributed by atoms with E-state index in [4.69, 9.17) is 19.3 Å². The second-order valence-corrected chi connectivity index (χ2v) is 13.7. The van der Waals surface area contributed by atoms with Crippen LogP contribution in [0.5, 0.6) is 0 Å². The highest BCUT2D eigenvalue weighted by Crippen LogP contribution is 2.13. The Morgan fingerprint density at radius 2 is 0.932 bits per heavy atom. The third kappa shape index (κ3) is 13.9. The Labute approximate surface area is 350 Å². The number of Topliss-reactive ketones (excluding diaryl/α,β-unsaturated/α-hetero) is 2. The van der Waals surface area contributed by atoms with Crippen molar-refractivity contribution in [2.75, 3.05) is 13.2 Å². The summed E-state index contributed by atoms with van der Waals surface area (Å²) in [5, 5.41) is 9.29. The molecule has 12 nitrogen and oxygen atoms in total. The summed E-state index contributed by atoms with van der Waals surface area (Å²) < 4.78 is 18.7. The van der Waals surface area contributed by atoms with Gasteiger partial charge in [-0.3, -0.25) is 9.59 Å². The van der Waals surface area contributed by atoms with Crippen molar-refractivity contribution in [1.82, 2.24) is 9.13 Å². The second kappa shape index (κ2) is 22.2. The summed E-state index contributed by atoms with van der Waals surface area (Å²) in [5.41, 5.74) is 6.36. The molecule has 304 valence electrons. The van der Waals surface area contributed by atoms with Crippen LogP contribution in [0.3, 0.4) is 0 Å². The van der Waals surface area contributed by atoms with Crippen molar-refractivity contribution in [2.45, 2.75) is 25.8 Å². The lowest BCUT2D eigenvalue weighted by Crippen LogP contribution is -2.14. The minimum Gasteiger partial charge on any atom is -0.477 e. The largest absolute Gasteiger partial charge is 0.477 e. The van der Waals surface area contributed by atoms with Gasteiger partial charge in [0.25, 0.3) is 0 Å². The molecule has 1 N–H and O–H groups in total. The zero-order chi connectivity index (χ0) is 42.9. The van der Waals surface area contributed by atoms with E-state index in [9.17, 15) is 28.8 Å². The van der Waals surface area contributed by atoms with Crippen LogP contribution in [0.25, 0.3) is 0 Å². The van der Waals surface area contributed by atoms with Crippen molar-refractivity contribution < 1.29 is 48.1 Å². The highest BCUT2D eigenvalue weighted by atomic mass is 79.9. The molecule has 0 spiro atoms. The summed E-state index contributed by atoms with van der Waals surface area (Å²) >= 11 is 3.33. The zero-order valence-corrected chi connectivity index (χ0v) is 34.5. The highest BCUT2D eigenvalue weighted by molar-refractivity contribution is 9.08. The number of aromatic nitrogens is 2. The van der Waals surface area contributed by atoms with E-state index in [1.165, 1.54) is 0 Å². The number of alkyl halides is 1. The molecule has 0 bridgehead atoms. The fraction of sp³-hybridized carbons (Fsp3) is 0.174. The van der Waals surface area contributed by atoms with Gasteiger partial charge in [0.05, 0.1) is 11.1 Å². The molecule has 0 saturated heterocycles. The second-order valence-electron chi connectivity index (χ2n) is 13.2. The van der Waals surface area contributed by atoms with Crippen LogP contribution >= 0.6 is 15.9 Å². The fourth-order valence-corrected chi connectivity index (χ4v) is 5.78. The normalized spacial score (nSPS) is 10.2. The Morgan fingerprint density at radius 1 is 0.525 bits per heavy atom. The number of aromatic carboxylic acids is 1. The average Bonchev–Trinajstić information content (AvgIpc) is 3.79. The van der Waals surface area contributed by atoms with Gasteiger partial charge in [0.1, 0.15) is 18.0 Å². The molecule has 4 aromatic carbocycles. The first-order valence-electron chi connectivity index (χ1n) is 18.2. The Hall–Kier alpha value is -6.86. The number of ketones is 2. The minimum atomic E-state index is -0.879. The maximum Gasteiger partial charge on any atom is 0.355 e. The lowest BCUT2D eigenvalue weighted by molar-refractivity contribution is 0.0456. The summed E-state index contributed by atoms with van der Waals surface area (Å²) in [6.45, 7) is 3.29. The number of esters is 3. The Bertz CT molecular complexity index is 2370. The molecule has 6 aromatic rings. The molecule has 6 rings (SSSR count). The highest BCUT2D eigenvalue weighted by Gasteiger charge is 2.15. The van der Waals surface area contributed by atoms with Crippen molar-refractivity contribution in [3.05, 3.63) is 190 Å². The third-order valence-electron chi connectivity index (χ3n) is 8.48. The topological polar surface area (TPSA) is 160 Å². The quantitative estimate of drug-likeness (QED) is 0.0517. The van der Waals surface area contributed by atoms with Crippen LogP contribution in [0.2, 0.25) is 0 Å². The maximum absolute atomic E-state index is 12.1. The molecule has 0 fully saturated rings. The minimum absolute atomic E-state index is 0.0882. The number of carbonyl (C=O) groups excluding carboxylic acids is 5. The van der Waals surface area contributed by atoms with Gasteiger partial charge in [0, 0.05) is 42.9 Å². The summed E-state index contributed by atoms with van der Waals surface area (Å²) in [6.07, 6.45) is 3.63. The van der Waals surface area contributed by atoms with Gasteiger partial charge in [0.2, 0.25) is 0 Å². The van der Waals surface area contributed by atoms with Crippen LogP contribution in [0.4, 0.5) is 0 Å². The van der Waals surface area contributed by atoms with Crippen molar-refractivity contribution in [3.63, 3.8) is 0 Å². The van der Waals surface area contributed by atoms with E-state index in [0.29, 0.717) is 33.6 Å². The number of benzene rings is 4. The van der Waals surface area contributed by atoms with Crippen LogP contribution < -0.4 is 0 Å². The van der Waals surface area contributed by atoms with E-state index >= 15 is 0 Å². The third-order valence-corrected chi connectivity index (χ3v) is 9.12. The number of halogens is 1. The van der Waals surface area contributed by atoms with Gasteiger partial charge in [-0.25, -0.2) is 19.2 Å². The van der Waals surface area contributed by atoms with Crippen LogP contribution in [-0.4, -0.2) is 62.9 Å². The molecular formula is C46H43BrN2O10. The molecule has 0 aliphatic carbocycles. The number of nitrogens with zero attached hydrogens (tertiary/aromatic N) is 2. The van der Waals surface area contributed by atoms with Crippen molar-refractivity contribution in [1.29, 1.82) is 0 Å². The molecule has 2 heterocycles. The molecule has 0 atom stereocenters. The summed E-state index contributed by atoms with van der Waals surface area (Å²) in [4.78, 5) is 70.3. The average molecular weight is 864 g/mol. The molecule has 0 unspecified atom stereocenters. The predicted molar refractivity (Wildman–Crippen MR) is 224 cm³/mol. The van der Waals surface area contributed by atoms with Crippen molar-refractivity contribution in [3.8, 4) is 0 Å². The number of carboxylic acid groups (broad SMARTS) is 1. The lowest BCUT2D eigenvalue weighted by atomic mass is 10.1.